The first-order valence-electron chi connectivity index (χ1n) is 8.75. The summed E-state index contributed by atoms with van der Waals surface area (Å²) in [6.45, 7) is 3.19. The van der Waals surface area contributed by atoms with Crippen LogP contribution in [0.15, 0.2) is 42.6 Å². The molecule has 2 aliphatic heterocycles. The molecule has 2 fully saturated rings. The molecular formula is C19H20N4O2. The van der Waals surface area contributed by atoms with Gasteiger partial charge in [0, 0.05) is 43.1 Å². The zero-order chi connectivity index (χ0) is 16.7. The van der Waals surface area contributed by atoms with Crippen LogP contribution >= 0.6 is 0 Å². The molecule has 0 atom stereocenters. The van der Waals surface area contributed by atoms with Crippen LogP contribution in [0, 0.1) is 0 Å². The summed E-state index contributed by atoms with van der Waals surface area (Å²) in [7, 11) is 0. The van der Waals surface area contributed by atoms with Crippen LogP contribution in [0.4, 0.5) is 5.82 Å². The van der Waals surface area contributed by atoms with Crippen LogP contribution in [0.1, 0.15) is 12.8 Å². The van der Waals surface area contributed by atoms with Crippen LogP contribution in [-0.2, 0) is 9.47 Å². The van der Waals surface area contributed by atoms with Gasteiger partial charge in [0.25, 0.3) is 0 Å². The van der Waals surface area contributed by atoms with Crippen LogP contribution < -0.4 is 4.90 Å². The lowest BCUT2D eigenvalue weighted by molar-refractivity contribution is -0.169. The number of rotatable bonds is 2. The smallest absolute Gasteiger partial charge is 0.171 e. The largest absolute Gasteiger partial charge is 0.356 e. The van der Waals surface area contributed by atoms with E-state index in [1.54, 1.807) is 0 Å². The maximum atomic E-state index is 5.81. The van der Waals surface area contributed by atoms with Crippen molar-refractivity contribution in [2.45, 2.75) is 18.6 Å². The van der Waals surface area contributed by atoms with E-state index < -0.39 is 0 Å². The van der Waals surface area contributed by atoms with Gasteiger partial charge >= 0.3 is 0 Å². The number of ether oxygens (including phenoxy) is 2. The number of H-pyrrole nitrogens is 1. The number of fused-ring (bicyclic) bond motifs is 1. The lowest BCUT2D eigenvalue weighted by Crippen LogP contribution is -2.45. The van der Waals surface area contributed by atoms with Gasteiger partial charge in [-0.2, -0.15) is 5.10 Å². The van der Waals surface area contributed by atoms with Crippen LogP contribution in [0.2, 0.25) is 0 Å². The van der Waals surface area contributed by atoms with Crippen LogP contribution in [0.5, 0.6) is 0 Å². The average molecular weight is 336 g/mol. The number of pyridine rings is 1. The van der Waals surface area contributed by atoms with Crippen molar-refractivity contribution in [3.63, 3.8) is 0 Å². The number of hydrogen-bond donors (Lipinski definition) is 1. The van der Waals surface area contributed by atoms with Gasteiger partial charge in [-0.3, -0.25) is 5.10 Å². The summed E-state index contributed by atoms with van der Waals surface area (Å²) in [5, 5.41) is 8.73. The van der Waals surface area contributed by atoms with Crippen molar-refractivity contribution in [1.29, 1.82) is 0 Å². The molecule has 2 saturated heterocycles. The molecule has 128 valence electrons. The van der Waals surface area contributed by atoms with Gasteiger partial charge in [-0.25, -0.2) is 4.98 Å². The molecular weight excluding hydrogens is 316 g/mol. The van der Waals surface area contributed by atoms with E-state index in [9.17, 15) is 0 Å². The van der Waals surface area contributed by atoms with Gasteiger partial charge in [0.2, 0.25) is 0 Å². The summed E-state index contributed by atoms with van der Waals surface area (Å²) in [6, 6.07) is 12.3. The maximum absolute atomic E-state index is 5.81. The fourth-order valence-corrected chi connectivity index (χ4v) is 3.78. The van der Waals surface area contributed by atoms with Crippen molar-refractivity contribution in [2.75, 3.05) is 31.2 Å². The van der Waals surface area contributed by atoms with Crippen molar-refractivity contribution in [3.05, 3.63) is 42.6 Å². The zero-order valence-electron chi connectivity index (χ0n) is 13.9. The molecule has 6 heteroatoms. The van der Waals surface area contributed by atoms with Gasteiger partial charge in [-0.1, -0.05) is 18.2 Å². The predicted octanol–water partition coefficient (Wildman–Crippen LogP) is 2.97. The second kappa shape index (κ2) is 5.82. The Kier molecular flexibility index (Phi) is 3.46. The third-order valence-electron chi connectivity index (χ3n) is 5.15. The second-order valence-corrected chi connectivity index (χ2v) is 6.62. The molecule has 0 bridgehead atoms. The molecule has 2 aliphatic rings. The normalized spacial score (nSPS) is 19.8. The molecule has 0 radical (unpaired) electrons. The van der Waals surface area contributed by atoms with Gasteiger partial charge in [0.1, 0.15) is 11.5 Å². The van der Waals surface area contributed by atoms with Gasteiger partial charge < -0.3 is 14.4 Å². The first-order valence-corrected chi connectivity index (χ1v) is 8.75. The van der Waals surface area contributed by atoms with E-state index in [-0.39, 0.29) is 5.79 Å². The van der Waals surface area contributed by atoms with Crippen molar-refractivity contribution >= 4 is 16.7 Å². The van der Waals surface area contributed by atoms with Gasteiger partial charge in [0.15, 0.2) is 5.79 Å². The van der Waals surface area contributed by atoms with E-state index in [0.717, 1.165) is 53.9 Å². The highest BCUT2D eigenvalue weighted by Crippen LogP contribution is 2.34. The van der Waals surface area contributed by atoms with E-state index in [4.69, 9.17) is 9.47 Å². The highest BCUT2D eigenvalue weighted by Gasteiger charge is 2.40. The van der Waals surface area contributed by atoms with Crippen LogP contribution in [0.3, 0.4) is 0 Å². The van der Waals surface area contributed by atoms with Crippen molar-refractivity contribution in [1.82, 2.24) is 15.2 Å². The molecule has 1 N–H and O–H groups in total. The molecule has 1 aromatic carbocycles. The lowest BCUT2D eigenvalue weighted by Gasteiger charge is -2.38. The molecule has 6 nitrogen and oxygen atoms in total. The Hall–Kier alpha value is -2.44. The summed E-state index contributed by atoms with van der Waals surface area (Å²) < 4.78 is 11.6. The molecule has 5 rings (SSSR count). The molecule has 0 aliphatic carbocycles. The summed E-state index contributed by atoms with van der Waals surface area (Å²) >= 11 is 0. The second-order valence-electron chi connectivity index (χ2n) is 6.62. The molecule has 0 saturated carbocycles. The minimum atomic E-state index is -0.355. The predicted molar refractivity (Wildman–Crippen MR) is 95.4 cm³/mol. The first-order chi connectivity index (χ1) is 12.3. The molecule has 2 aromatic heterocycles. The SMILES string of the molecule is c1ccc2c(-c3ccnc(N4CCC5(CC4)OCCO5)c3)n[nH]c2c1. The average Bonchev–Trinajstić information content (AvgIpc) is 3.30. The van der Waals surface area contributed by atoms with Crippen molar-refractivity contribution < 1.29 is 9.47 Å². The van der Waals surface area contributed by atoms with Crippen LogP contribution in [-0.4, -0.2) is 47.3 Å². The summed E-state index contributed by atoms with van der Waals surface area (Å²) in [6.07, 6.45) is 3.62. The Morgan fingerprint density at radius 2 is 1.84 bits per heavy atom. The van der Waals surface area contributed by atoms with Crippen molar-refractivity contribution in [3.8, 4) is 11.3 Å². The minimum absolute atomic E-state index is 0.355. The minimum Gasteiger partial charge on any atom is -0.356 e. The van der Waals surface area contributed by atoms with Crippen LogP contribution in [0.25, 0.3) is 22.2 Å². The first kappa shape index (κ1) is 14.9. The van der Waals surface area contributed by atoms with Gasteiger partial charge in [-0.15, -0.1) is 0 Å². The van der Waals surface area contributed by atoms with Gasteiger partial charge in [0.05, 0.1) is 18.7 Å². The number of para-hydroxylation sites is 1. The molecule has 4 heterocycles. The molecule has 3 aromatic rings. The summed E-state index contributed by atoms with van der Waals surface area (Å²) in [4.78, 5) is 6.87. The third kappa shape index (κ3) is 2.58. The number of anilines is 1. The van der Waals surface area contributed by atoms with E-state index in [0.29, 0.717) is 13.2 Å². The number of benzene rings is 1. The summed E-state index contributed by atoms with van der Waals surface area (Å²) in [5.74, 6) is 0.629. The molecule has 0 unspecified atom stereocenters. The van der Waals surface area contributed by atoms with Crippen molar-refractivity contribution in [2.24, 2.45) is 0 Å². The monoisotopic (exact) mass is 336 g/mol. The van der Waals surface area contributed by atoms with E-state index in [1.807, 2.05) is 30.5 Å². The Morgan fingerprint density at radius 1 is 1.04 bits per heavy atom. The Morgan fingerprint density at radius 3 is 2.68 bits per heavy atom. The van der Waals surface area contributed by atoms with E-state index in [1.165, 1.54) is 0 Å². The number of nitrogens with one attached hydrogen (secondary N) is 1. The van der Waals surface area contributed by atoms with E-state index >= 15 is 0 Å². The maximum Gasteiger partial charge on any atom is 0.171 e. The van der Waals surface area contributed by atoms with E-state index in [2.05, 4.69) is 32.2 Å². The Balaban J connectivity index is 1.42. The topological polar surface area (TPSA) is 63.3 Å². The lowest BCUT2D eigenvalue weighted by atomic mass is 10.0. The highest BCUT2D eigenvalue weighted by atomic mass is 16.7. The highest BCUT2D eigenvalue weighted by molar-refractivity contribution is 5.93. The summed E-state index contributed by atoms with van der Waals surface area (Å²) in [5.41, 5.74) is 3.09. The molecule has 25 heavy (non-hydrogen) atoms. The number of piperidine rings is 1. The quantitative estimate of drug-likeness (QED) is 0.779. The molecule has 0 amide bonds. The van der Waals surface area contributed by atoms with Gasteiger partial charge in [-0.05, 0) is 18.2 Å². The number of aromatic nitrogens is 3. The Labute approximate surface area is 145 Å². The number of hydrogen-bond acceptors (Lipinski definition) is 5. The number of aromatic amines is 1. The zero-order valence-corrected chi connectivity index (χ0v) is 13.9. The fraction of sp³-hybridized carbons (Fsp3) is 0.368. The Bertz CT molecular complexity index is 891. The number of nitrogens with zero attached hydrogens (tertiary/aromatic N) is 3. The standard InChI is InChI=1S/C19H20N4O2/c1-2-4-16-15(3-1)18(22-21-16)14-5-8-20-17(13-14)23-9-6-19(7-10-23)24-11-12-25-19/h1-5,8,13H,6-7,9-12H2,(H,21,22). The fourth-order valence-electron chi connectivity index (χ4n) is 3.78. The third-order valence-corrected chi connectivity index (χ3v) is 5.15. The molecule has 1 spiro atoms.